The zero-order chi connectivity index (χ0) is 11.8. The van der Waals surface area contributed by atoms with Gasteiger partial charge in [-0.3, -0.25) is 0 Å². The molecule has 0 fully saturated rings. The van der Waals surface area contributed by atoms with Gasteiger partial charge in [0.2, 0.25) is 0 Å². The number of aromatic nitrogens is 3. The molecular formula is C9H5F3IN3. The van der Waals surface area contributed by atoms with E-state index in [1.165, 1.54) is 23.1 Å². The van der Waals surface area contributed by atoms with E-state index in [2.05, 4.69) is 10.3 Å². The fourth-order valence-electron chi connectivity index (χ4n) is 1.20. The molecule has 1 aromatic heterocycles. The largest absolute Gasteiger partial charge is 0.416 e. The highest BCUT2D eigenvalue weighted by Gasteiger charge is 2.31. The molecule has 0 saturated heterocycles. The summed E-state index contributed by atoms with van der Waals surface area (Å²) in [5.74, 6) is 0. The summed E-state index contributed by atoms with van der Waals surface area (Å²) in [5, 5.41) is 7.22. The Morgan fingerprint density at radius 1 is 1.25 bits per heavy atom. The Balaban J connectivity index is 2.54. The van der Waals surface area contributed by atoms with Crippen LogP contribution in [0.2, 0.25) is 0 Å². The topological polar surface area (TPSA) is 30.7 Å². The third-order valence-corrected chi connectivity index (χ3v) is 2.86. The van der Waals surface area contributed by atoms with E-state index in [1.54, 1.807) is 0 Å². The van der Waals surface area contributed by atoms with E-state index in [0.717, 1.165) is 12.1 Å². The Bertz CT molecular complexity index is 493. The van der Waals surface area contributed by atoms with Crippen LogP contribution in [-0.4, -0.2) is 15.0 Å². The van der Waals surface area contributed by atoms with Crippen molar-refractivity contribution in [3.05, 3.63) is 39.7 Å². The van der Waals surface area contributed by atoms with Gasteiger partial charge in [0.05, 0.1) is 23.6 Å². The first-order chi connectivity index (χ1) is 7.48. The zero-order valence-electron chi connectivity index (χ0n) is 7.74. The number of nitrogens with zero attached hydrogens (tertiary/aromatic N) is 3. The van der Waals surface area contributed by atoms with Gasteiger partial charge in [-0.2, -0.15) is 13.2 Å². The molecule has 0 spiro atoms. The molecule has 0 saturated carbocycles. The van der Waals surface area contributed by atoms with E-state index >= 15 is 0 Å². The van der Waals surface area contributed by atoms with Gasteiger partial charge in [0, 0.05) is 3.57 Å². The molecule has 1 aromatic carbocycles. The van der Waals surface area contributed by atoms with Crippen LogP contribution in [0.4, 0.5) is 13.2 Å². The van der Waals surface area contributed by atoms with Gasteiger partial charge in [-0.25, -0.2) is 4.68 Å². The van der Waals surface area contributed by atoms with Gasteiger partial charge < -0.3 is 0 Å². The predicted molar refractivity (Wildman–Crippen MR) is 59.1 cm³/mol. The van der Waals surface area contributed by atoms with Gasteiger partial charge >= 0.3 is 6.18 Å². The monoisotopic (exact) mass is 339 g/mol. The van der Waals surface area contributed by atoms with Gasteiger partial charge in [-0.05, 0) is 40.8 Å². The smallest absolute Gasteiger partial charge is 0.220 e. The highest BCUT2D eigenvalue weighted by atomic mass is 127. The summed E-state index contributed by atoms with van der Waals surface area (Å²) in [6.07, 6.45) is -1.44. The molecule has 7 heteroatoms. The fraction of sp³-hybridized carbons (Fsp3) is 0.111. The highest BCUT2D eigenvalue weighted by Crippen LogP contribution is 2.31. The Hall–Kier alpha value is -1.12. The van der Waals surface area contributed by atoms with Crippen LogP contribution in [0.25, 0.3) is 5.69 Å². The minimum absolute atomic E-state index is 0.368. The van der Waals surface area contributed by atoms with Crippen molar-refractivity contribution >= 4 is 22.6 Å². The van der Waals surface area contributed by atoms with Gasteiger partial charge in [0.15, 0.2) is 0 Å². The molecule has 0 unspecified atom stereocenters. The minimum Gasteiger partial charge on any atom is -0.220 e. The minimum atomic E-state index is -4.35. The lowest BCUT2D eigenvalue weighted by molar-refractivity contribution is -0.137. The predicted octanol–water partition coefficient (Wildman–Crippen LogP) is 2.89. The molecule has 0 aliphatic rings. The molecule has 1 heterocycles. The number of alkyl halides is 3. The molecule has 0 N–H and O–H groups in total. The number of hydrogen-bond donors (Lipinski definition) is 0. The highest BCUT2D eigenvalue weighted by molar-refractivity contribution is 14.1. The second-order valence-corrected chi connectivity index (χ2v) is 4.17. The maximum Gasteiger partial charge on any atom is 0.416 e. The molecule has 0 aliphatic carbocycles. The third kappa shape index (κ3) is 2.18. The summed E-state index contributed by atoms with van der Waals surface area (Å²) < 4.78 is 39.5. The van der Waals surface area contributed by atoms with Crippen molar-refractivity contribution in [3.8, 4) is 5.69 Å². The van der Waals surface area contributed by atoms with E-state index in [1.807, 2.05) is 22.6 Å². The van der Waals surface area contributed by atoms with Gasteiger partial charge in [0.1, 0.15) is 0 Å². The maximum absolute atomic E-state index is 12.5. The first kappa shape index (κ1) is 11.4. The van der Waals surface area contributed by atoms with E-state index in [-0.39, 0.29) is 0 Å². The molecule has 2 aromatic rings. The summed E-state index contributed by atoms with van der Waals surface area (Å²) in [4.78, 5) is 0. The summed E-state index contributed by atoms with van der Waals surface area (Å²) in [6.45, 7) is 0. The Kier molecular flexibility index (Phi) is 2.87. The van der Waals surface area contributed by atoms with Crippen LogP contribution >= 0.6 is 22.6 Å². The standard InChI is InChI=1S/C9H5F3IN3/c10-9(11,12)6-1-2-7(13)8(5-6)16-4-3-14-15-16/h1-5H. The van der Waals surface area contributed by atoms with Crippen LogP contribution in [0.1, 0.15) is 5.56 Å². The molecule has 0 amide bonds. The Morgan fingerprint density at radius 3 is 2.56 bits per heavy atom. The average Bonchev–Trinajstić information content (AvgIpc) is 2.69. The summed E-state index contributed by atoms with van der Waals surface area (Å²) >= 11 is 1.95. The number of halogens is 4. The molecule has 2 rings (SSSR count). The van der Waals surface area contributed by atoms with Crippen molar-refractivity contribution in [1.29, 1.82) is 0 Å². The molecule has 3 nitrogen and oxygen atoms in total. The van der Waals surface area contributed by atoms with E-state index in [0.29, 0.717) is 9.26 Å². The van der Waals surface area contributed by atoms with Crippen molar-refractivity contribution in [2.24, 2.45) is 0 Å². The first-order valence-corrected chi connectivity index (χ1v) is 5.30. The summed E-state index contributed by atoms with van der Waals surface area (Å²) in [7, 11) is 0. The van der Waals surface area contributed by atoms with Gasteiger partial charge in [-0.15, -0.1) is 5.10 Å². The Labute approximate surface area is 102 Å². The number of hydrogen-bond acceptors (Lipinski definition) is 2. The van der Waals surface area contributed by atoms with Gasteiger partial charge in [0.25, 0.3) is 0 Å². The van der Waals surface area contributed by atoms with E-state index < -0.39 is 11.7 Å². The fourth-order valence-corrected chi connectivity index (χ4v) is 1.78. The normalized spacial score (nSPS) is 11.8. The summed E-state index contributed by atoms with van der Waals surface area (Å²) in [6, 6.07) is 3.50. The van der Waals surface area contributed by atoms with Crippen molar-refractivity contribution in [3.63, 3.8) is 0 Å². The second kappa shape index (κ2) is 4.04. The van der Waals surface area contributed by atoms with Crippen LogP contribution in [0, 0.1) is 3.57 Å². The maximum atomic E-state index is 12.5. The SMILES string of the molecule is FC(F)(F)c1ccc(I)c(-n2ccnn2)c1. The molecular weight excluding hydrogens is 334 g/mol. The van der Waals surface area contributed by atoms with Crippen LogP contribution < -0.4 is 0 Å². The molecule has 0 bridgehead atoms. The van der Waals surface area contributed by atoms with Crippen LogP contribution in [-0.2, 0) is 6.18 Å². The van der Waals surface area contributed by atoms with Crippen LogP contribution in [0.5, 0.6) is 0 Å². The molecule has 84 valence electrons. The summed E-state index contributed by atoms with van der Waals surface area (Å²) in [5.41, 5.74) is -0.327. The van der Waals surface area contributed by atoms with Crippen molar-refractivity contribution < 1.29 is 13.2 Å². The average molecular weight is 339 g/mol. The van der Waals surface area contributed by atoms with Crippen molar-refractivity contribution in [2.45, 2.75) is 6.18 Å². The van der Waals surface area contributed by atoms with E-state index in [4.69, 9.17) is 0 Å². The van der Waals surface area contributed by atoms with Gasteiger partial charge in [-0.1, -0.05) is 5.21 Å². The number of benzene rings is 1. The lowest BCUT2D eigenvalue weighted by Crippen LogP contribution is -2.07. The van der Waals surface area contributed by atoms with Crippen LogP contribution in [0.15, 0.2) is 30.6 Å². The first-order valence-electron chi connectivity index (χ1n) is 4.22. The molecule has 0 aliphatic heterocycles. The third-order valence-electron chi connectivity index (χ3n) is 1.94. The second-order valence-electron chi connectivity index (χ2n) is 3.01. The number of rotatable bonds is 1. The zero-order valence-corrected chi connectivity index (χ0v) is 9.90. The van der Waals surface area contributed by atoms with Crippen LogP contribution in [0.3, 0.4) is 0 Å². The van der Waals surface area contributed by atoms with E-state index in [9.17, 15) is 13.2 Å². The lowest BCUT2D eigenvalue weighted by atomic mass is 10.2. The quantitative estimate of drug-likeness (QED) is 0.748. The van der Waals surface area contributed by atoms with Crippen molar-refractivity contribution in [1.82, 2.24) is 15.0 Å². The van der Waals surface area contributed by atoms with Crippen molar-refractivity contribution in [2.75, 3.05) is 0 Å². The lowest BCUT2D eigenvalue weighted by Gasteiger charge is -2.09. The molecule has 0 radical (unpaired) electrons. The molecule has 16 heavy (non-hydrogen) atoms. The Morgan fingerprint density at radius 2 is 2.00 bits per heavy atom. The molecule has 0 atom stereocenters.